The molecule has 218 valence electrons. The molecule has 0 radical (unpaired) electrons. The van der Waals surface area contributed by atoms with E-state index in [0.717, 1.165) is 37.0 Å². The summed E-state index contributed by atoms with van der Waals surface area (Å²) >= 11 is 0. The van der Waals surface area contributed by atoms with Crippen molar-refractivity contribution in [2.45, 2.75) is 76.9 Å². The van der Waals surface area contributed by atoms with E-state index in [1.807, 2.05) is 19.1 Å². The molecule has 7 atom stereocenters. The lowest BCUT2D eigenvalue weighted by atomic mass is 9.45. The number of hydrogen-bond acceptors (Lipinski definition) is 8. The first kappa shape index (κ1) is 28.8. The van der Waals surface area contributed by atoms with Crippen molar-refractivity contribution in [3.8, 4) is 5.75 Å². The van der Waals surface area contributed by atoms with Crippen molar-refractivity contribution in [1.29, 1.82) is 0 Å². The highest BCUT2D eigenvalue weighted by Gasteiger charge is 2.68. The number of nitrogens with one attached hydrogen (secondary N) is 1. The Balaban J connectivity index is 1.20. The molecule has 0 heterocycles. The average Bonchev–Trinajstić information content (AvgIpc) is 3.20. The predicted molar refractivity (Wildman–Crippen MR) is 148 cm³/mol. The lowest BCUT2D eigenvalue weighted by Crippen LogP contribution is -2.62. The number of aliphatic hydroxyl groups is 3. The number of Topliss-reactive ketones (excluding diaryl/α,β-unsaturated/α-hetero) is 1. The number of ketones is 1. The van der Waals surface area contributed by atoms with Gasteiger partial charge in [-0.1, -0.05) is 36.7 Å². The molecule has 1 aromatic carbocycles. The van der Waals surface area contributed by atoms with Crippen molar-refractivity contribution in [3.63, 3.8) is 0 Å². The van der Waals surface area contributed by atoms with Gasteiger partial charge in [0.2, 0.25) is 0 Å². The summed E-state index contributed by atoms with van der Waals surface area (Å²) in [6.07, 6.45) is 6.66. The van der Waals surface area contributed by atoms with Crippen molar-refractivity contribution in [2.75, 3.05) is 19.8 Å². The molecular formula is C31H42N2O7. The highest BCUT2D eigenvalue weighted by atomic mass is 16.6. The second-order valence-corrected chi connectivity index (χ2v) is 12.7. The largest absolute Gasteiger partial charge is 0.508 e. The minimum Gasteiger partial charge on any atom is -0.508 e. The molecule has 4 aliphatic rings. The zero-order chi connectivity index (χ0) is 28.7. The Bertz CT molecular complexity index is 1200. The van der Waals surface area contributed by atoms with Gasteiger partial charge >= 0.3 is 0 Å². The molecule has 3 fully saturated rings. The number of rotatable bonds is 8. The zero-order valence-corrected chi connectivity index (χ0v) is 23.4. The van der Waals surface area contributed by atoms with Gasteiger partial charge in [-0.05, 0) is 98.3 Å². The maximum Gasteiger partial charge on any atom is 0.260 e. The highest BCUT2D eigenvalue weighted by molar-refractivity contribution is 5.96. The molecular weight excluding hydrogens is 512 g/mol. The number of carbonyl (C=O) groups excluding carboxylic acids is 2. The second-order valence-electron chi connectivity index (χ2n) is 12.7. The van der Waals surface area contributed by atoms with Crippen LogP contribution in [0.2, 0.25) is 0 Å². The molecule has 0 saturated heterocycles. The number of nitrogens with zero attached hydrogens (tertiary/aromatic N) is 1. The number of phenols is 1. The average molecular weight is 555 g/mol. The SMILES string of the molecule is C[C@]12CC/C(=N\OCC(=O)NCCc3ccc(O)cc3)C=C1CC[C@@H]1[C@@H]2[C@@H](O)C[C@@]2(C)[C@H]1CC[C@]2(O)C(=O)CO. The number of fused-ring (bicyclic) bond motifs is 5. The van der Waals surface area contributed by atoms with Gasteiger partial charge in [0.25, 0.3) is 5.91 Å². The Morgan fingerprint density at radius 3 is 2.60 bits per heavy atom. The summed E-state index contributed by atoms with van der Waals surface area (Å²) in [4.78, 5) is 30.2. The third-order valence-corrected chi connectivity index (χ3v) is 10.7. The van der Waals surface area contributed by atoms with Crippen LogP contribution >= 0.6 is 0 Å². The highest BCUT2D eigenvalue weighted by Crippen LogP contribution is 2.67. The fourth-order valence-electron chi connectivity index (χ4n) is 8.60. The van der Waals surface area contributed by atoms with Gasteiger partial charge in [-0.25, -0.2) is 0 Å². The van der Waals surface area contributed by atoms with Crippen LogP contribution in [-0.4, -0.2) is 69.3 Å². The van der Waals surface area contributed by atoms with Gasteiger partial charge in [-0.3, -0.25) is 9.59 Å². The van der Waals surface area contributed by atoms with E-state index in [1.165, 1.54) is 5.57 Å². The number of oxime groups is 1. The number of carbonyl (C=O) groups is 2. The lowest BCUT2D eigenvalue weighted by Gasteiger charge is -2.60. The lowest BCUT2D eigenvalue weighted by molar-refractivity contribution is -0.181. The number of aliphatic hydroxyl groups excluding tert-OH is 2. The van der Waals surface area contributed by atoms with E-state index >= 15 is 0 Å². The first-order valence-corrected chi connectivity index (χ1v) is 14.5. The van der Waals surface area contributed by atoms with E-state index in [0.29, 0.717) is 32.2 Å². The van der Waals surface area contributed by atoms with Crippen molar-refractivity contribution in [1.82, 2.24) is 5.32 Å². The number of aromatic hydroxyl groups is 1. The molecule has 9 nitrogen and oxygen atoms in total. The zero-order valence-electron chi connectivity index (χ0n) is 23.4. The third-order valence-electron chi connectivity index (χ3n) is 10.7. The molecule has 1 amide bonds. The normalized spacial score (nSPS) is 37.6. The summed E-state index contributed by atoms with van der Waals surface area (Å²) in [6.45, 7) is 3.76. The molecule has 4 aliphatic carbocycles. The van der Waals surface area contributed by atoms with E-state index in [1.54, 1.807) is 12.1 Å². The van der Waals surface area contributed by atoms with Crippen LogP contribution in [-0.2, 0) is 20.8 Å². The minimum absolute atomic E-state index is 0.0268. The van der Waals surface area contributed by atoms with Crippen LogP contribution < -0.4 is 5.32 Å². The van der Waals surface area contributed by atoms with Crippen LogP contribution in [0.15, 0.2) is 41.1 Å². The van der Waals surface area contributed by atoms with Crippen LogP contribution in [0, 0.1) is 28.6 Å². The molecule has 0 aliphatic heterocycles. The molecule has 0 bridgehead atoms. The van der Waals surface area contributed by atoms with Crippen LogP contribution in [0.25, 0.3) is 0 Å². The summed E-state index contributed by atoms with van der Waals surface area (Å²) in [5.74, 6) is -0.235. The van der Waals surface area contributed by atoms with Gasteiger partial charge in [0, 0.05) is 12.0 Å². The van der Waals surface area contributed by atoms with E-state index in [-0.39, 0.29) is 41.4 Å². The number of hydrogen-bond donors (Lipinski definition) is 5. The molecule has 5 N–H and O–H groups in total. The Hall–Kier alpha value is -2.75. The topological polar surface area (TPSA) is 149 Å². The summed E-state index contributed by atoms with van der Waals surface area (Å²) in [6, 6.07) is 6.87. The standard InChI is InChI=1S/C31H42N2O7/c1-29-12-9-21(33-40-18-27(38)32-14-11-19-3-6-22(35)7-4-19)15-20(29)5-8-23-24-10-13-31(39,26(37)17-34)30(24,2)16-25(36)28(23)29/h3-4,6-7,15,23-25,28,34-36,39H,5,8-14,16-18H2,1-2H3,(H,32,38)/b33-21+/t23-,24-,25-,28+,29-,30-,31-/m0/s1. The molecule has 5 rings (SSSR count). The first-order valence-electron chi connectivity index (χ1n) is 14.5. The molecule has 0 spiro atoms. The summed E-state index contributed by atoms with van der Waals surface area (Å²) in [7, 11) is 0. The molecule has 3 saturated carbocycles. The fourth-order valence-corrected chi connectivity index (χ4v) is 8.60. The molecule has 0 aromatic heterocycles. The van der Waals surface area contributed by atoms with Gasteiger partial charge in [-0.2, -0.15) is 0 Å². The van der Waals surface area contributed by atoms with E-state index in [4.69, 9.17) is 4.84 Å². The summed E-state index contributed by atoms with van der Waals surface area (Å²) in [5, 5.41) is 48.9. The number of benzene rings is 1. The van der Waals surface area contributed by atoms with Crippen LogP contribution in [0.1, 0.15) is 64.4 Å². The molecule has 0 unspecified atom stereocenters. The Kier molecular flexibility index (Phi) is 7.85. The maximum absolute atomic E-state index is 12.6. The number of phenolic OH excluding ortho intramolecular Hbond substituents is 1. The first-order chi connectivity index (χ1) is 19.0. The quantitative estimate of drug-likeness (QED) is 0.310. The summed E-state index contributed by atoms with van der Waals surface area (Å²) in [5.41, 5.74) is 0.503. The summed E-state index contributed by atoms with van der Waals surface area (Å²) < 4.78 is 0. The maximum atomic E-state index is 12.6. The van der Waals surface area contributed by atoms with Gasteiger partial charge in [0.15, 0.2) is 12.4 Å². The van der Waals surface area contributed by atoms with Gasteiger partial charge in [0.1, 0.15) is 18.0 Å². The second kappa shape index (κ2) is 10.9. The number of amides is 1. The van der Waals surface area contributed by atoms with Gasteiger partial charge in [-0.15, -0.1) is 0 Å². The Morgan fingerprint density at radius 2 is 1.88 bits per heavy atom. The van der Waals surface area contributed by atoms with Crippen molar-refractivity contribution in [3.05, 3.63) is 41.5 Å². The Labute approximate surface area is 235 Å². The fraction of sp³-hybridized carbons (Fsp3) is 0.645. The van der Waals surface area contributed by atoms with Crippen molar-refractivity contribution < 1.29 is 34.9 Å². The van der Waals surface area contributed by atoms with Gasteiger partial charge in [0.05, 0.1) is 11.8 Å². The number of allylic oxidation sites excluding steroid dienone is 2. The van der Waals surface area contributed by atoms with Gasteiger partial charge < -0.3 is 30.6 Å². The predicted octanol–water partition coefficient (Wildman–Crippen LogP) is 2.65. The Morgan fingerprint density at radius 1 is 1.12 bits per heavy atom. The van der Waals surface area contributed by atoms with Crippen LogP contribution in [0.3, 0.4) is 0 Å². The van der Waals surface area contributed by atoms with E-state index in [9.17, 15) is 30.0 Å². The van der Waals surface area contributed by atoms with Crippen molar-refractivity contribution in [2.24, 2.45) is 33.7 Å². The van der Waals surface area contributed by atoms with Crippen LogP contribution in [0.5, 0.6) is 5.75 Å². The molecule has 40 heavy (non-hydrogen) atoms. The molecule has 1 aromatic rings. The smallest absolute Gasteiger partial charge is 0.260 e. The van der Waals surface area contributed by atoms with Crippen molar-refractivity contribution >= 4 is 17.4 Å². The molecule has 9 heteroatoms. The monoisotopic (exact) mass is 554 g/mol. The minimum atomic E-state index is -1.59. The van der Waals surface area contributed by atoms with Crippen LogP contribution in [0.4, 0.5) is 0 Å². The van der Waals surface area contributed by atoms with E-state index < -0.39 is 29.5 Å². The third kappa shape index (κ3) is 4.86. The van der Waals surface area contributed by atoms with E-state index in [2.05, 4.69) is 23.5 Å².